The second kappa shape index (κ2) is 4.73. The second-order valence-electron chi connectivity index (χ2n) is 3.57. The van der Waals surface area contributed by atoms with Crippen LogP contribution in [0.15, 0.2) is 6.33 Å². The molecule has 16 heavy (non-hydrogen) atoms. The topological polar surface area (TPSA) is 94.3 Å². The van der Waals surface area contributed by atoms with E-state index in [4.69, 9.17) is 5.11 Å². The van der Waals surface area contributed by atoms with E-state index < -0.39 is 18.0 Å². The fraction of sp³-hybridized carbons (Fsp3) is 0.556. The molecule has 0 aliphatic carbocycles. The summed E-state index contributed by atoms with van der Waals surface area (Å²) in [6, 6.07) is -0.842. The molecule has 7 nitrogen and oxygen atoms in total. The van der Waals surface area contributed by atoms with Crippen LogP contribution in [0.25, 0.3) is 0 Å². The fourth-order valence-electron chi connectivity index (χ4n) is 1.30. The summed E-state index contributed by atoms with van der Waals surface area (Å²) in [6.45, 7) is 3.50. The number of carboxylic acids is 1. The minimum atomic E-state index is -1.02. The zero-order valence-electron chi connectivity index (χ0n) is 9.25. The molecule has 7 heteroatoms. The fourth-order valence-corrected chi connectivity index (χ4v) is 1.30. The summed E-state index contributed by atoms with van der Waals surface area (Å²) in [7, 11) is 1.21. The van der Waals surface area contributed by atoms with Gasteiger partial charge >= 0.3 is 11.9 Å². The Balaban J connectivity index is 2.99. The number of ether oxygens (including phenoxy) is 1. The van der Waals surface area contributed by atoms with Gasteiger partial charge in [-0.2, -0.15) is 0 Å². The van der Waals surface area contributed by atoms with Crippen LogP contribution in [-0.4, -0.2) is 38.9 Å². The number of carboxylic acid groups (broad SMARTS) is 1. The van der Waals surface area contributed by atoms with Crippen molar-refractivity contribution in [3.8, 4) is 0 Å². The smallest absolute Gasteiger partial charge is 0.377 e. The van der Waals surface area contributed by atoms with Crippen LogP contribution in [0.2, 0.25) is 0 Å². The Morgan fingerprint density at radius 2 is 2.12 bits per heavy atom. The number of rotatable bonds is 4. The van der Waals surface area contributed by atoms with Crippen molar-refractivity contribution in [2.75, 3.05) is 7.11 Å². The van der Waals surface area contributed by atoms with E-state index in [0.29, 0.717) is 0 Å². The van der Waals surface area contributed by atoms with Crippen molar-refractivity contribution in [2.24, 2.45) is 5.92 Å². The summed E-state index contributed by atoms with van der Waals surface area (Å²) in [4.78, 5) is 25.8. The average molecular weight is 227 g/mol. The van der Waals surface area contributed by atoms with Gasteiger partial charge in [0.2, 0.25) is 0 Å². The van der Waals surface area contributed by atoms with Crippen molar-refractivity contribution in [1.82, 2.24) is 14.8 Å². The molecule has 1 rings (SSSR count). The van der Waals surface area contributed by atoms with Gasteiger partial charge in [0.15, 0.2) is 6.04 Å². The van der Waals surface area contributed by atoms with Crippen LogP contribution in [0.3, 0.4) is 0 Å². The Morgan fingerprint density at radius 1 is 1.50 bits per heavy atom. The molecule has 0 aliphatic heterocycles. The molecule has 1 N–H and O–H groups in total. The number of nitrogens with zero attached hydrogens (tertiary/aromatic N) is 3. The van der Waals surface area contributed by atoms with E-state index in [1.165, 1.54) is 13.4 Å². The average Bonchev–Trinajstić information content (AvgIpc) is 2.64. The first-order valence-electron chi connectivity index (χ1n) is 4.69. The summed E-state index contributed by atoms with van der Waals surface area (Å²) in [5.41, 5.74) is 0. The third-order valence-corrected chi connectivity index (χ3v) is 2.05. The zero-order chi connectivity index (χ0) is 12.3. The number of aliphatic carboxylic acids is 1. The standard InChI is InChI=1S/C9H13N3O4/c1-5(2)6(8(13)14)12-4-10-7(11-12)9(15)16-3/h4-6H,1-3H3,(H,13,14). The summed E-state index contributed by atoms with van der Waals surface area (Å²) >= 11 is 0. The highest BCUT2D eigenvalue weighted by Crippen LogP contribution is 2.16. The zero-order valence-corrected chi connectivity index (χ0v) is 9.25. The molecule has 0 aromatic carbocycles. The van der Waals surface area contributed by atoms with Crippen LogP contribution in [0, 0.1) is 5.92 Å². The van der Waals surface area contributed by atoms with E-state index in [0.717, 1.165) is 4.68 Å². The van der Waals surface area contributed by atoms with Crippen LogP contribution in [0.5, 0.6) is 0 Å². The molecule has 1 atom stereocenters. The molecule has 0 amide bonds. The minimum absolute atomic E-state index is 0.144. The van der Waals surface area contributed by atoms with E-state index in [-0.39, 0.29) is 11.7 Å². The Labute approximate surface area is 92.0 Å². The SMILES string of the molecule is COC(=O)c1ncn(C(C(=O)O)C(C)C)n1. The number of carbonyl (C=O) groups excluding carboxylic acids is 1. The molecule has 1 heterocycles. The molecule has 0 radical (unpaired) electrons. The molecular formula is C9H13N3O4. The first kappa shape index (κ1) is 12.2. The third-order valence-electron chi connectivity index (χ3n) is 2.05. The number of carbonyl (C=O) groups is 2. The van der Waals surface area contributed by atoms with E-state index in [2.05, 4.69) is 14.8 Å². The summed E-state index contributed by atoms with van der Waals surface area (Å²) < 4.78 is 5.58. The molecule has 0 fully saturated rings. The molecule has 0 spiro atoms. The van der Waals surface area contributed by atoms with E-state index >= 15 is 0 Å². The Kier molecular flexibility index (Phi) is 3.60. The van der Waals surface area contributed by atoms with E-state index in [1.54, 1.807) is 13.8 Å². The van der Waals surface area contributed by atoms with Crippen LogP contribution >= 0.6 is 0 Å². The van der Waals surface area contributed by atoms with Crippen molar-refractivity contribution >= 4 is 11.9 Å². The maximum Gasteiger partial charge on any atom is 0.377 e. The molecule has 0 saturated heterocycles. The van der Waals surface area contributed by atoms with Crippen LogP contribution < -0.4 is 0 Å². The molecule has 1 aromatic rings. The normalized spacial score (nSPS) is 12.5. The van der Waals surface area contributed by atoms with Crippen LogP contribution in [0.1, 0.15) is 30.5 Å². The number of esters is 1. The highest BCUT2D eigenvalue weighted by Gasteiger charge is 2.25. The summed E-state index contributed by atoms with van der Waals surface area (Å²) in [6.07, 6.45) is 1.21. The lowest BCUT2D eigenvalue weighted by Gasteiger charge is -2.15. The molecule has 88 valence electrons. The molecule has 0 bridgehead atoms. The van der Waals surface area contributed by atoms with Gasteiger partial charge in [0.05, 0.1) is 7.11 Å². The second-order valence-corrected chi connectivity index (χ2v) is 3.57. The highest BCUT2D eigenvalue weighted by atomic mass is 16.5. The Hall–Kier alpha value is -1.92. The van der Waals surface area contributed by atoms with Crippen molar-refractivity contribution in [1.29, 1.82) is 0 Å². The monoisotopic (exact) mass is 227 g/mol. The van der Waals surface area contributed by atoms with Gasteiger partial charge in [-0.3, -0.25) is 0 Å². The first-order chi connectivity index (χ1) is 7.47. The number of hydrogen-bond donors (Lipinski definition) is 1. The highest BCUT2D eigenvalue weighted by molar-refractivity contribution is 5.84. The molecule has 1 unspecified atom stereocenters. The largest absolute Gasteiger partial charge is 0.480 e. The molecule has 1 aromatic heterocycles. The maximum absolute atomic E-state index is 11.1. The van der Waals surface area contributed by atoms with Gasteiger partial charge in [0, 0.05) is 0 Å². The molecular weight excluding hydrogens is 214 g/mol. The quantitative estimate of drug-likeness (QED) is 0.745. The number of aromatic nitrogens is 3. The number of methoxy groups -OCH3 is 1. The summed E-state index contributed by atoms with van der Waals surface area (Å²) in [5.74, 6) is -2.01. The summed E-state index contributed by atoms with van der Waals surface area (Å²) in [5, 5.41) is 12.8. The lowest BCUT2D eigenvalue weighted by Crippen LogP contribution is -2.25. The van der Waals surface area contributed by atoms with Crippen LogP contribution in [-0.2, 0) is 9.53 Å². The van der Waals surface area contributed by atoms with Crippen molar-refractivity contribution in [3.05, 3.63) is 12.2 Å². The lowest BCUT2D eigenvalue weighted by atomic mass is 10.1. The lowest BCUT2D eigenvalue weighted by molar-refractivity contribution is -0.142. The number of hydrogen-bond acceptors (Lipinski definition) is 5. The Bertz CT molecular complexity index is 399. The van der Waals surface area contributed by atoms with E-state index in [9.17, 15) is 9.59 Å². The van der Waals surface area contributed by atoms with E-state index in [1.807, 2.05) is 0 Å². The van der Waals surface area contributed by atoms with Crippen molar-refractivity contribution in [2.45, 2.75) is 19.9 Å². The van der Waals surface area contributed by atoms with Gasteiger partial charge in [-0.25, -0.2) is 19.3 Å². The van der Waals surface area contributed by atoms with Gasteiger partial charge in [0.25, 0.3) is 5.82 Å². The van der Waals surface area contributed by atoms with Crippen molar-refractivity contribution < 1.29 is 19.4 Å². The third kappa shape index (κ3) is 2.36. The Morgan fingerprint density at radius 3 is 2.56 bits per heavy atom. The molecule has 0 aliphatic rings. The van der Waals surface area contributed by atoms with Gasteiger partial charge in [0.1, 0.15) is 6.33 Å². The predicted molar refractivity (Wildman–Crippen MR) is 52.9 cm³/mol. The van der Waals surface area contributed by atoms with Gasteiger partial charge in [-0.05, 0) is 5.92 Å². The maximum atomic E-state index is 11.1. The van der Waals surface area contributed by atoms with Crippen LogP contribution in [0.4, 0.5) is 0 Å². The van der Waals surface area contributed by atoms with Gasteiger partial charge < -0.3 is 9.84 Å². The first-order valence-corrected chi connectivity index (χ1v) is 4.69. The predicted octanol–water partition coefficient (Wildman–Crippen LogP) is 0.346. The van der Waals surface area contributed by atoms with Gasteiger partial charge in [-0.1, -0.05) is 13.8 Å². The minimum Gasteiger partial charge on any atom is -0.480 e. The molecule has 0 saturated carbocycles. The van der Waals surface area contributed by atoms with Crippen molar-refractivity contribution in [3.63, 3.8) is 0 Å². The van der Waals surface area contributed by atoms with Gasteiger partial charge in [-0.15, -0.1) is 5.10 Å².